The molecule has 2 N–H and O–H groups in total. The Morgan fingerprint density at radius 3 is 0.754 bits per heavy atom. The molecule has 0 radical (unpaired) electrons. The number of hydrogen-bond donors (Lipinski definition) is 4. The van der Waals surface area contributed by atoms with E-state index in [0.717, 1.165) is 24.3 Å². The molecule has 0 heterocycles. The van der Waals surface area contributed by atoms with Crippen molar-refractivity contribution in [2.75, 3.05) is 24.7 Å². The quantitative estimate of drug-likeness (QED) is 0.0279. The van der Waals surface area contributed by atoms with Gasteiger partial charge < -0.3 is 18.8 Å². The van der Waals surface area contributed by atoms with Gasteiger partial charge in [-0.3, -0.25) is 0 Å². The third-order valence-corrected chi connectivity index (χ3v) is 21.6. The van der Waals surface area contributed by atoms with Crippen LogP contribution in [0, 0.1) is 0 Å². The molecular weight excluding hydrogens is 799 g/mol. The van der Waals surface area contributed by atoms with E-state index in [1.807, 2.05) is 0 Å². The van der Waals surface area contributed by atoms with Gasteiger partial charge in [0, 0.05) is 0 Å². The van der Waals surface area contributed by atoms with Gasteiger partial charge in [-0.2, -0.15) is 0 Å². The Morgan fingerprint density at radius 1 is 0.351 bits per heavy atom. The second kappa shape index (κ2) is 52.1. The molecule has 0 aromatic rings. The number of unbranched alkanes of at least 4 members (excludes halogenated alkanes) is 36. The van der Waals surface area contributed by atoms with E-state index in [-0.39, 0.29) is 10.1 Å². The average molecular weight is 904 g/mol. The van der Waals surface area contributed by atoms with Crippen LogP contribution in [0.1, 0.15) is 285 Å². The zero-order valence-corrected chi connectivity index (χ0v) is 43.4. The molecule has 0 spiro atoms. The molecule has 0 aromatic carbocycles. The van der Waals surface area contributed by atoms with Crippen LogP contribution in [0.2, 0.25) is 0 Å². The predicted octanol–water partition coefficient (Wildman–Crippen LogP) is 19.1. The summed E-state index contributed by atoms with van der Waals surface area (Å²) < 4.78 is 8.54. The van der Waals surface area contributed by atoms with E-state index in [0.29, 0.717) is 13.2 Å². The van der Waals surface area contributed by atoms with Crippen molar-refractivity contribution in [3.8, 4) is 0 Å². The molecule has 0 unspecified atom stereocenters. The SMILES string of the molecule is CCCCCCCCCCCCOP(O)OCCCCCCCCCCCC.CCCCCCCCCCCCS(CCCCCCCCCCCC)=P(O)(S)S. The molecule has 4 nitrogen and oxygen atoms in total. The van der Waals surface area contributed by atoms with Gasteiger partial charge in [-0.05, 0) is 37.2 Å². The number of thiol groups is 2. The molecule has 0 atom stereocenters. The molecule has 0 fully saturated rings. The van der Waals surface area contributed by atoms with Gasteiger partial charge in [0.15, 0.2) is 0 Å². The minimum absolute atomic E-state index is 0.0280. The number of rotatable bonds is 46. The van der Waals surface area contributed by atoms with E-state index in [4.69, 9.17) is 9.05 Å². The van der Waals surface area contributed by atoms with Gasteiger partial charge in [0.25, 0.3) is 0 Å². The van der Waals surface area contributed by atoms with Gasteiger partial charge in [-0.1, -0.05) is 259 Å². The maximum atomic E-state index is 10.4. The Kier molecular flexibility index (Phi) is 55.6. The summed E-state index contributed by atoms with van der Waals surface area (Å²) >= 11 is 8.98. The van der Waals surface area contributed by atoms with Crippen LogP contribution in [0.5, 0.6) is 0 Å². The third kappa shape index (κ3) is 53.8. The van der Waals surface area contributed by atoms with E-state index >= 15 is 0 Å². The normalized spacial score (nSPS) is 11.9. The van der Waals surface area contributed by atoms with Gasteiger partial charge in [0.2, 0.25) is 0 Å². The number of hydrogen-bond acceptors (Lipinski definition) is 3. The lowest BCUT2D eigenvalue weighted by molar-refractivity contribution is 0.193. The maximum Gasteiger partial charge on any atom is 0.329 e. The second-order valence-corrected chi connectivity index (χ2v) is 30.0. The fraction of sp³-hybridized carbons (Fsp3) is 1.00. The first kappa shape index (κ1) is 60.8. The Balaban J connectivity index is 0. The summed E-state index contributed by atoms with van der Waals surface area (Å²) in [7, 11) is -1.63. The predicted molar refractivity (Wildman–Crippen MR) is 273 cm³/mol. The molecule has 0 aliphatic heterocycles. The highest BCUT2D eigenvalue weighted by atomic mass is 33.2. The average Bonchev–Trinajstić information content (AvgIpc) is 3.19. The van der Waals surface area contributed by atoms with Crippen LogP contribution in [0.4, 0.5) is 0 Å². The molecule has 348 valence electrons. The molecule has 0 aliphatic carbocycles. The molecule has 0 saturated carbocycles. The fourth-order valence-electron chi connectivity index (χ4n) is 7.36. The molecule has 0 rings (SSSR count). The molecule has 0 saturated heterocycles. The third-order valence-electron chi connectivity index (χ3n) is 11.2. The van der Waals surface area contributed by atoms with E-state index in [2.05, 4.69) is 52.2 Å². The zero-order valence-electron chi connectivity index (χ0n) is 39.0. The summed E-state index contributed by atoms with van der Waals surface area (Å²) in [4.78, 5) is 20.2. The van der Waals surface area contributed by atoms with E-state index in [1.165, 1.54) is 244 Å². The smallest absolute Gasteiger partial charge is 0.329 e. The maximum absolute atomic E-state index is 10.4. The van der Waals surface area contributed by atoms with Crippen LogP contribution < -0.4 is 0 Å². The Bertz CT molecular complexity index is 741. The van der Waals surface area contributed by atoms with Crippen molar-refractivity contribution >= 4 is 47.8 Å². The first-order valence-corrected chi connectivity index (χ1v) is 32.7. The van der Waals surface area contributed by atoms with Crippen molar-refractivity contribution in [1.29, 1.82) is 0 Å². The molecular formula is C48H104O4P2S3. The fourth-order valence-corrected chi connectivity index (χ4v) is 15.0. The summed E-state index contributed by atoms with van der Waals surface area (Å²) in [6.45, 7) is 10.4. The second-order valence-electron chi connectivity index (χ2n) is 17.0. The van der Waals surface area contributed by atoms with Gasteiger partial charge in [-0.15, -0.1) is 34.6 Å². The molecule has 0 aliphatic rings. The molecule has 0 bridgehead atoms. The van der Waals surface area contributed by atoms with Crippen LogP contribution in [-0.4, -0.2) is 34.5 Å². The van der Waals surface area contributed by atoms with E-state index in [9.17, 15) is 9.79 Å². The first-order valence-electron chi connectivity index (χ1n) is 25.3. The summed E-state index contributed by atoms with van der Waals surface area (Å²) in [5.74, 6) is 2.29. The van der Waals surface area contributed by atoms with Crippen LogP contribution in [0.25, 0.3) is 0 Å². The van der Waals surface area contributed by atoms with Crippen molar-refractivity contribution in [2.45, 2.75) is 285 Å². The van der Waals surface area contributed by atoms with E-state index in [1.54, 1.807) is 0 Å². The van der Waals surface area contributed by atoms with Gasteiger partial charge in [0.1, 0.15) is 4.67 Å². The highest BCUT2D eigenvalue weighted by Gasteiger charge is 2.10. The Hall–Kier alpha value is 1.75. The minimum atomic E-state index is -2.26. The van der Waals surface area contributed by atoms with Crippen molar-refractivity contribution in [3.05, 3.63) is 0 Å². The molecule has 9 heteroatoms. The molecule has 0 amide bonds. The largest absolute Gasteiger partial charge is 0.354 e. The van der Waals surface area contributed by atoms with Gasteiger partial charge in [-0.25, -0.2) is 0 Å². The van der Waals surface area contributed by atoms with E-state index < -0.39 is 13.3 Å². The van der Waals surface area contributed by atoms with Crippen molar-refractivity contribution in [2.24, 2.45) is 0 Å². The van der Waals surface area contributed by atoms with Crippen LogP contribution in [0.3, 0.4) is 0 Å². The minimum Gasteiger partial charge on any atom is -0.354 e. The van der Waals surface area contributed by atoms with Crippen molar-refractivity contribution < 1.29 is 18.8 Å². The summed E-state index contributed by atoms with van der Waals surface area (Å²) in [6.07, 6.45) is 53.8. The Labute approximate surface area is 373 Å². The lowest BCUT2D eigenvalue weighted by Gasteiger charge is -2.17. The topological polar surface area (TPSA) is 58.9 Å². The lowest BCUT2D eigenvalue weighted by atomic mass is 10.1. The summed E-state index contributed by atoms with van der Waals surface area (Å²) in [6, 6.07) is 0. The van der Waals surface area contributed by atoms with Crippen LogP contribution in [-0.2, 0) is 19.1 Å². The highest BCUT2D eigenvalue weighted by molar-refractivity contribution is 8.94. The summed E-state index contributed by atoms with van der Waals surface area (Å²) in [5, 5.41) is 0. The van der Waals surface area contributed by atoms with Crippen molar-refractivity contribution in [1.82, 2.24) is 0 Å². The molecule has 0 aromatic heterocycles. The highest BCUT2D eigenvalue weighted by Crippen LogP contribution is 2.56. The van der Waals surface area contributed by atoms with Gasteiger partial charge >= 0.3 is 8.60 Å². The lowest BCUT2D eigenvalue weighted by Crippen LogP contribution is -2.03. The standard InChI is InChI=1S/C24H51O3P.C24H53OPS3/c1-3-5-7-9-11-13-15-17-19-21-23-26-28(25)27-24-22-20-18-16-14-12-10-8-6-4-2;1-3-5-7-9-11-13-15-17-19-21-23-29(26(25,27)28)24-22-20-18-16-14-12-10-8-6-4-2/h25H,3-24H2,1-2H3;25,27-28H,3-24H2,1-2H3. The first-order chi connectivity index (χ1) is 27.8. The molecule has 57 heavy (non-hydrogen) atoms. The zero-order chi connectivity index (χ0) is 42.2. The van der Waals surface area contributed by atoms with Gasteiger partial charge in [0.05, 0.1) is 13.2 Å². The van der Waals surface area contributed by atoms with Crippen molar-refractivity contribution in [3.63, 3.8) is 0 Å². The monoisotopic (exact) mass is 903 g/mol. The van der Waals surface area contributed by atoms with Crippen LogP contribution in [0.15, 0.2) is 0 Å². The van der Waals surface area contributed by atoms with Crippen LogP contribution >= 0.6 is 37.8 Å². The Morgan fingerprint density at radius 2 is 0.544 bits per heavy atom. The summed E-state index contributed by atoms with van der Waals surface area (Å²) in [5.41, 5.74) is 0.